The molecule has 7 heteroatoms. The first-order valence-corrected chi connectivity index (χ1v) is 9.37. The third-order valence-electron chi connectivity index (χ3n) is 5.48. The third-order valence-corrected chi connectivity index (χ3v) is 5.48. The van der Waals surface area contributed by atoms with Crippen molar-refractivity contribution in [1.29, 1.82) is 0 Å². The van der Waals surface area contributed by atoms with Crippen LogP contribution >= 0.6 is 0 Å². The molecule has 2 heterocycles. The van der Waals surface area contributed by atoms with Crippen LogP contribution in [0.1, 0.15) is 22.7 Å². The summed E-state index contributed by atoms with van der Waals surface area (Å²) in [6.07, 6.45) is -2.67. The second-order valence-corrected chi connectivity index (χ2v) is 7.28. The Morgan fingerprint density at radius 3 is 2.55 bits per heavy atom. The van der Waals surface area contributed by atoms with E-state index in [1.54, 1.807) is 6.20 Å². The Balaban J connectivity index is 1.57. The summed E-state index contributed by atoms with van der Waals surface area (Å²) >= 11 is 0. The van der Waals surface area contributed by atoms with Gasteiger partial charge < -0.3 is 10.6 Å². The predicted octanol–water partition coefficient (Wildman–Crippen LogP) is 4.50. The highest BCUT2D eigenvalue weighted by Gasteiger charge is 2.35. The van der Waals surface area contributed by atoms with Crippen LogP contribution in [0, 0.1) is 12.8 Å². The van der Waals surface area contributed by atoms with Gasteiger partial charge >= 0.3 is 6.18 Å². The highest BCUT2D eigenvalue weighted by atomic mass is 19.4. The number of benzene rings is 2. The minimum absolute atomic E-state index is 0.151. The monoisotopic (exact) mass is 399 g/mol. The van der Waals surface area contributed by atoms with Crippen molar-refractivity contribution in [2.75, 3.05) is 18.4 Å². The molecule has 4 nitrogen and oxygen atoms in total. The van der Waals surface area contributed by atoms with Crippen molar-refractivity contribution in [2.45, 2.75) is 19.0 Å². The van der Waals surface area contributed by atoms with E-state index in [1.165, 1.54) is 12.1 Å². The number of rotatable bonds is 3. The molecule has 1 aromatic heterocycles. The molecule has 4 rings (SSSR count). The maximum atomic E-state index is 13.0. The molecule has 0 radical (unpaired) electrons. The molecule has 2 aromatic carbocycles. The Kier molecular flexibility index (Phi) is 5.00. The quantitative estimate of drug-likeness (QED) is 0.682. The van der Waals surface area contributed by atoms with Crippen LogP contribution in [0.4, 0.5) is 18.9 Å². The number of alkyl halides is 3. The lowest BCUT2D eigenvalue weighted by Gasteiger charge is -2.20. The fraction of sp³-hybridized carbons (Fsp3) is 0.273. The van der Waals surface area contributed by atoms with Crippen LogP contribution in [-0.4, -0.2) is 24.0 Å². The molecule has 0 aliphatic carbocycles. The van der Waals surface area contributed by atoms with E-state index < -0.39 is 11.7 Å². The summed E-state index contributed by atoms with van der Waals surface area (Å²) in [6.45, 7) is 2.93. The highest BCUT2D eigenvalue weighted by Crippen LogP contribution is 2.34. The molecule has 0 bridgehead atoms. The van der Waals surface area contributed by atoms with Gasteiger partial charge in [0.1, 0.15) is 0 Å². The van der Waals surface area contributed by atoms with Crippen molar-refractivity contribution in [3.8, 4) is 0 Å². The Hall–Kier alpha value is -2.93. The van der Waals surface area contributed by atoms with Gasteiger partial charge in [-0.2, -0.15) is 13.2 Å². The van der Waals surface area contributed by atoms with Crippen LogP contribution in [0.2, 0.25) is 0 Å². The Bertz CT molecular complexity index is 1050. The maximum Gasteiger partial charge on any atom is 0.416 e. The number of carbonyl (C=O) groups excluding carboxylic acids is 1. The molecular formula is C22H20F3N3O. The zero-order valence-electron chi connectivity index (χ0n) is 15.8. The van der Waals surface area contributed by atoms with E-state index in [0.717, 1.165) is 34.2 Å². The van der Waals surface area contributed by atoms with Crippen molar-refractivity contribution < 1.29 is 18.0 Å². The molecule has 29 heavy (non-hydrogen) atoms. The molecule has 1 saturated heterocycles. The molecule has 1 amide bonds. The van der Waals surface area contributed by atoms with E-state index in [2.05, 4.69) is 15.6 Å². The van der Waals surface area contributed by atoms with E-state index in [-0.39, 0.29) is 17.7 Å². The number of pyridine rings is 1. The number of carbonyl (C=O) groups is 1. The van der Waals surface area contributed by atoms with Gasteiger partial charge in [-0.25, -0.2) is 0 Å². The molecule has 1 aliphatic heterocycles. The first kappa shape index (κ1) is 19.4. The molecule has 2 N–H and O–H groups in total. The molecule has 2 atom stereocenters. The zero-order valence-corrected chi connectivity index (χ0v) is 15.8. The van der Waals surface area contributed by atoms with Crippen LogP contribution in [-0.2, 0) is 11.0 Å². The number of hydrogen-bond acceptors (Lipinski definition) is 3. The number of nitrogens with zero attached hydrogens (tertiary/aromatic N) is 1. The smallest absolute Gasteiger partial charge is 0.325 e. The molecule has 1 aliphatic rings. The summed E-state index contributed by atoms with van der Waals surface area (Å²) in [6, 6.07) is 12.6. The molecule has 0 saturated carbocycles. The van der Waals surface area contributed by atoms with Gasteiger partial charge in [-0.3, -0.25) is 9.78 Å². The largest absolute Gasteiger partial charge is 0.416 e. The van der Waals surface area contributed by atoms with Crippen LogP contribution in [0.3, 0.4) is 0 Å². The first-order chi connectivity index (χ1) is 13.8. The van der Waals surface area contributed by atoms with E-state index in [0.29, 0.717) is 18.8 Å². The average Bonchev–Trinajstić information content (AvgIpc) is 3.18. The molecule has 0 unspecified atom stereocenters. The lowest BCUT2D eigenvalue weighted by Crippen LogP contribution is -2.28. The van der Waals surface area contributed by atoms with E-state index in [1.807, 2.05) is 31.2 Å². The number of aryl methyl sites for hydroxylation is 1. The lowest BCUT2D eigenvalue weighted by molar-refractivity contribution is -0.137. The third kappa shape index (κ3) is 3.82. The number of hydrogen-bond donors (Lipinski definition) is 2. The Morgan fingerprint density at radius 1 is 1.07 bits per heavy atom. The molecule has 0 spiro atoms. The summed E-state index contributed by atoms with van der Waals surface area (Å²) in [5, 5.41) is 8.06. The van der Waals surface area contributed by atoms with E-state index >= 15 is 0 Å². The Morgan fingerprint density at radius 2 is 1.83 bits per heavy atom. The Labute approximate surface area is 166 Å². The van der Waals surface area contributed by atoms with Crippen molar-refractivity contribution >= 4 is 22.4 Å². The van der Waals surface area contributed by atoms with Gasteiger partial charge in [0.05, 0.1) is 11.5 Å². The normalized spacial score (nSPS) is 19.4. The number of halogens is 3. The van der Waals surface area contributed by atoms with Gasteiger partial charge in [0.15, 0.2) is 0 Å². The summed E-state index contributed by atoms with van der Waals surface area (Å²) in [5.41, 5.74) is 1.62. The second kappa shape index (κ2) is 7.48. The number of anilines is 1. The number of aromatic nitrogens is 1. The molecular weight excluding hydrogens is 379 g/mol. The van der Waals surface area contributed by atoms with Crippen molar-refractivity contribution in [2.24, 2.45) is 5.92 Å². The topological polar surface area (TPSA) is 54.0 Å². The van der Waals surface area contributed by atoms with Gasteiger partial charge in [-0.05, 0) is 36.8 Å². The van der Waals surface area contributed by atoms with Crippen molar-refractivity contribution in [1.82, 2.24) is 10.3 Å². The van der Waals surface area contributed by atoms with Crippen LogP contribution < -0.4 is 10.6 Å². The van der Waals surface area contributed by atoms with Gasteiger partial charge in [0.25, 0.3) is 0 Å². The lowest BCUT2D eigenvalue weighted by atomic mass is 9.87. The van der Waals surface area contributed by atoms with E-state index in [9.17, 15) is 18.0 Å². The summed E-state index contributed by atoms with van der Waals surface area (Å²) < 4.78 is 38.5. The van der Waals surface area contributed by atoms with Crippen molar-refractivity contribution in [3.05, 3.63) is 71.5 Å². The predicted molar refractivity (Wildman–Crippen MR) is 106 cm³/mol. The summed E-state index contributed by atoms with van der Waals surface area (Å²) in [7, 11) is 0. The molecule has 3 aromatic rings. The van der Waals surface area contributed by atoms with E-state index in [4.69, 9.17) is 0 Å². The number of amides is 1. The fourth-order valence-corrected chi connectivity index (χ4v) is 3.91. The zero-order chi connectivity index (χ0) is 20.6. The highest BCUT2D eigenvalue weighted by molar-refractivity contribution is 6.03. The minimum Gasteiger partial charge on any atom is -0.325 e. The fourth-order valence-electron chi connectivity index (χ4n) is 3.91. The van der Waals surface area contributed by atoms with Gasteiger partial charge in [-0.1, -0.05) is 24.3 Å². The summed E-state index contributed by atoms with van der Waals surface area (Å²) in [5.74, 6) is -0.706. The second-order valence-electron chi connectivity index (χ2n) is 7.28. The minimum atomic E-state index is -4.37. The van der Waals surface area contributed by atoms with Gasteiger partial charge in [0, 0.05) is 47.4 Å². The van der Waals surface area contributed by atoms with Gasteiger partial charge in [-0.15, -0.1) is 0 Å². The molecule has 150 valence electrons. The standard InChI is InChI=1S/C22H20F3N3O/c1-13-16-3-2-4-20(17(16)9-10-27-13)28-21(29)19-12-26-11-18(19)14-5-7-15(8-6-14)22(23,24)25/h2-10,18-19,26H,11-12H2,1H3,(H,28,29)/t18-,19+/m1/s1. The maximum absolute atomic E-state index is 13.0. The van der Waals surface area contributed by atoms with Crippen LogP contribution in [0.5, 0.6) is 0 Å². The summed E-state index contributed by atoms with van der Waals surface area (Å²) in [4.78, 5) is 17.3. The van der Waals surface area contributed by atoms with Crippen LogP contribution in [0.25, 0.3) is 10.8 Å². The molecule has 1 fully saturated rings. The SMILES string of the molecule is Cc1nccc2c(NC(=O)[C@H]3CNC[C@@H]3c3ccc(C(F)(F)F)cc3)cccc12. The number of nitrogens with one attached hydrogen (secondary N) is 2. The van der Waals surface area contributed by atoms with Crippen LogP contribution in [0.15, 0.2) is 54.7 Å². The average molecular weight is 399 g/mol. The van der Waals surface area contributed by atoms with Gasteiger partial charge in [0.2, 0.25) is 5.91 Å². The first-order valence-electron chi connectivity index (χ1n) is 9.37. The number of fused-ring (bicyclic) bond motifs is 1. The van der Waals surface area contributed by atoms with Crippen molar-refractivity contribution in [3.63, 3.8) is 0 Å².